The van der Waals surface area contributed by atoms with E-state index < -0.39 is 0 Å². The molecule has 0 spiro atoms. The number of piperazine rings is 1. The van der Waals surface area contributed by atoms with Gasteiger partial charge in [-0.15, -0.1) is 0 Å². The molecule has 2 rings (SSSR count). The number of aryl methyl sites for hydroxylation is 1. The maximum absolute atomic E-state index is 11.5. The molecule has 1 aliphatic heterocycles. The van der Waals surface area contributed by atoms with Gasteiger partial charge in [0.1, 0.15) is 5.82 Å². The second-order valence-electron chi connectivity index (χ2n) is 6.15. The number of anilines is 2. The molecule has 0 unspecified atom stereocenters. The molecule has 6 heteroatoms. The van der Waals surface area contributed by atoms with Gasteiger partial charge in [0.05, 0.1) is 0 Å². The van der Waals surface area contributed by atoms with Crippen LogP contribution in [0.5, 0.6) is 0 Å². The summed E-state index contributed by atoms with van der Waals surface area (Å²) in [5, 5.41) is 0. The lowest BCUT2D eigenvalue weighted by atomic mass is 10.3. The first-order valence-electron chi connectivity index (χ1n) is 8.66. The third-order valence-electron chi connectivity index (χ3n) is 4.15. The number of carbonyl (C=O) groups is 1. The van der Waals surface area contributed by atoms with Crippen LogP contribution in [0.4, 0.5) is 11.8 Å². The predicted molar refractivity (Wildman–Crippen MR) is 94.0 cm³/mol. The molecule has 1 aromatic heterocycles. The summed E-state index contributed by atoms with van der Waals surface area (Å²) in [5.41, 5.74) is 0.996. The van der Waals surface area contributed by atoms with E-state index in [1.54, 1.807) is 6.92 Å². The van der Waals surface area contributed by atoms with Gasteiger partial charge in [-0.25, -0.2) is 4.98 Å². The second-order valence-corrected chi connectivity index (χ2v) is 6.15. The molecule has 0 aliphatic carbocycles. The minimum absolute atomic E-state index is 0.146. The number of hydrogen-bond acceptors (Lipinski definition) is 5. The quantitative estimate of drug-likeness (QED) is 0.803. The van der Waals surface area contributed by atoms with Crippen molar-refractivity contribution in [3.05, 3.63) is 11.8 Å². The van der Waals surface area contributed by atoms with E-state index in [0.717, 1.165) is 69.6 Å². The molecule has 0 bridgehead atoms. The minimum atomic E-state index is 0.146. The van der Waals surface area contributed by atoms with Gasteiger partial charge in [-0.2, -0.15) is 4.98 Å². The van der Waals surface area contributed by atoms with Gasteiger partial charge in [-0.1, -0.05) is 13.8 Å². The van der Waals surface area contributed by atoms with Crippen LogP contribution in [-0.2, 0) is 4.79 Å². The molecule has 1 fully saturated rings. The number of amides is 1. The normalized spacial score (nSPS) is 15.0. The summed E-state index contributed by atoms with van der Waals surface area (Å²) >= 11 is 0. The average molecular weight is 319 g/mol. The van der Waals surface area contributed by atoms with Gasteiger partial charge < -0.3 is 14.7 Å². The van der Waals surface area contributed by atoms with E-state index in [0.29, 0.717) is 0 Å². The molecule has 0 saturated carbocycles. The van der Waals surface area contributed by atoms with Crippen LogP contribution in [-0.4, -0.2) is 60.0 Å². The molecule has 2 heterocycles. The third-order valence-corrected chi connectivity index (χ3v) is 4.15. The average Bonchev–Trinajstić information content (AvgIpc) is 2.54. The zero-order valence-electron chi connectivity index (χ0n) is 14.9. The highest BCUT2D eigenvalue weighted by atomic mass is 16.2. The summed E-state index contributed by atoms with van der Waals surface area (Å²) in [5.74, 6) is 1.96. The molecular formula is C17H29N5O. The Labute approximate surface area is 139 Å². The van der Waals surface area contributed by atoms with Gasteiger partial charge in [0, 0.05) is 58.0 Å². The maximum atomic E-state index is 11.5. The van der Waals surface area contributed by atoms with Crippen molar-refractivity contribution in [2.24, 2.45) is 0 Å². The van der Waals surface area contributed by atoms with E-state index in [1.807, 2.05) is 11.8 Å². The highest BCUT2D eigenvalue weighted by molar-refractivity contribution is 5.73. The summed E-state index contributed by atoms with van der Waals surface area (Å²) in [4.78, 5) is 27.3. The zero-order valence-corrected chi connectivity index (χ0v) is 14.9. The standard InChI is InChI=1S/C17H29N5O/c1-5-7-21(8-6-2)16-13-14(3)18-17(19-16)22-11-9-20(10-12-22)15(4)23/h13H,5-12H2,1-4H3. The summed E-state index contributed by atoms with van der Waals surface area (Å²) in [7, 11) is 0. The molecule has 0 aromatic carbocycles. The lowest BCUT2D eigenvalue weighted by Gasteiger charge is -2.34. The molecular weight excluding hydrogens is 290 g/mol. The molecule has 1 aromatic rings. The number of nitrogens with zero attached hydrogens (tertiary/aromatic N) is 5. The predicted octanol–water partition coefficient (Wildman–Crippen LogP) is 2.08. The van der Waals surface area contributed by atoms with Gasteiger partial charge in [-0.3, -0.25) is 4.79 Å². The molecule has 0 radical (unpaired) electrons. The third kappa shape index (κ3) is 4.56. The molecule has 0 N–H and O–H groups in total. The summed E-state index contributed by atoms with van der Waals surface area (Å²) < 4.78 is 0. The molecule has 23 heavy (non-hydrogen) atoms. The van der Waals surface area contributed by atoms with E-state index in [-0.39, 0.29) is 5.91 Å². The van der Waals surface area contributed by atoms with Gasteiger partial charge >= 0.3 is 0 Å². The van der Waals surface area contributed by atoms with Crippen molar-refractivity contribution >= 4 is 17.7 Å². The zero-order chi connectivity index (χ0) is 16.8. The largest absolute Gasteiger partial charge is 0.356 e. The topological polar surface area (TPSA) is 52.6 Å². The Bertz CT molecular complexity index is 520. The van der Waals surface area contributed by atoms with Gasteiger partial charge in [0.25, 0.3) is 0 Å². The molecule has 0 atom stereocenters. The lowest BCUT2D eigenvalue weighted by molar-refractivity contribution is -0.129. The fourth-order valence-electron chi connectivity index (χ4n) is 2.94. The van der Waals surface area contributed by atoms with Crippen LogP contribution < -0.4 is 9.80 Å². The smallest absolute Gasteiger partial charge is 0.227 e. The van der Waals surface area contributed by atoms with Crippen LogP contribution >= 0.6 is 0 Å². The first kappa shape index (κ1) is 17.5. The monoisotopic (exact) mass is 319 g/mol. The van der Waals surface area contributed by atoms with Crippen LogP contribution in [0.15, 0.2) is 6.07 Å². The van der Waals surface area contributed by atoms with Crippen LogP contribution in [0, 0.1) is 6.92 Å². The van der Waals surface area contributed by atoms with Crippen molar-refractivity contribution in [2.75, 3.05) is 49.1 Å². The van der Waals surface area contributed by atoms with Gasteiger partial charge in [0.15, 0.2) is 0 Å². The van der Waals surface area contributed by atoms with Crippen molar-refractivity contribution < 1.29 is 4.79 Å². The number of hydrogen-bond donors (Lipinski definition) is 0. The van der Waals surface area contributed by atoms with Gasteiger partial charge in [-0.05, 0) is 19.8 Å². The minimum Gasteiger partial charge on any atom is -0.356 e. The van der Waals surface area contributed by atoms with E-state index in [4.69, 9.17) is 4.98 Å². The number of rotatable bonds is 6. The van der Waals surface area contributed by atoms with Crippen LogP contribution in [0.2, 0.25) is 0 Å². The van der Waals surface area contributed by atoms with Crippen molar-refractivity contribution in [3.8, 4) is 0 Å². The summed E-state index contributed by atoms with van der Waals surface area (Å²) in [6.45, 7) is 13.2. The summed E-state index contributed by atoms with van der Waals surface area (Å²) in [6, 6.07) is 2.07. The van der Waals surface area contributed by atoms with E-state index in [2.05, 4.69) is 34.7 Å². The van der Waals surface area contributed by atoms with Crippen molar-refractivity contribution in [2.45, 2.75) is 40.5 Å². The highest BCUT2D eigenvalue weighted by Crippen LogP contribution is 2.19. The fraction of sp³-hybridized carbons (Fsp3) is 0.706. The van der Waals surface area contributed by atoms with Crippen LogP contribution in [0.1, 0.15) is 39.3 Å². The first-order chi connectivity index (χ1) is 11.0. The maximum Gasteiger partial charge on any atom is 0.227 e. The fourth-order valence-corrected chi connectivity index (χ4v) is 2.94. The van der Waals surface area contributed by atoms with Crippen molar-refractivity contribution in [1.82, 2.24) is 14.9 Å². The van der Waals surface area contributed by atoms with Crippen LogP contribution in [0.25, 0.3) is 0 Å². The van der Waals surface area contributed by atoms with E-state index in [1.165, 1.54) is 0 Å². The lowest BCUT2D eigenvalue weighted by Crippen LogP contribution is -2.48. The molecule has 6 nitrogen and oxygen atoms in total. The van der Waals surface area contributed by atoms with Crippen molar-refractivity contribution in [1.29, 1.82) is 0 Å². The van der Waals surface area contributed by atoms with Crippen LogP contribution in [0.3, 0.4) is 0 Å². The summed E-state index contributed by atoms with van der Waals surface area (Å²) in [6.07, 6.45) is 2.21. The first-order valence-corrected chi connectivity index (χ1v) is 8.66. The van der Waals surface area contributed by atoms with E-state index in [9.17, 15) is 4.79 Å². The number of aromatic nitrogens is 2. The molecule has 1 amide bonds. The Balaban J connectivity index is 2.15. The molecule has 1 aliphatic rings. The van der Waals surface area contributed by atoms with Gasteiger partial charge in [0.2, 0.25) is 11.9 Å². The second kappa shape index (κ2) is 8.13. The molecule has 1 saturated heterocycles. The Morgan fingerprint density at radius 2 is 1.74 bits per heavy atom. The Morgan fingerprint density at radius 1 is 1.13 bits per heavy atom. The number of carbonyl (C=O) groups excluding carboxylic acids is 1. The molecule has 128 valence electrons. The van der Waals surface area contributed by atoms with E-state index >= 15 is 0 Å². The highest BCUT2D eigenvalue weighted by Gasteiger charge is 2.21. The Kier molecular flexibility index (Phi) is 6.19. The Hall–Kier alpha value is -1.85. The SMILES string of the molecule is CCCN(CCC)c1cc(C)nc(N2CCN(C(C)=O)CC2)n1. The Morgan fingerprint density at radius 3 is 2.26 bits per heavy atom. The van der Waals surface area contributed by atoms with Crippen molar-refractivity contribution in [3.63, 3.8) is 0 Å².